The van der Waals surface area contributed by atoms with Crippen LogP contribution < -0.4 is 0 Å². The zero-order valence-electron chi connectivity index (χ0n) is 10.9. The van der Waals surface area contributed by atoms with Crippen molar-refractivity contribution in [2.45, 2.75) is 5.88 Å². The smallest absolute Gasteiger partial charge is 0.129 e. The van der Waals surface area contributed by atoms with Gasteiger partial charge in [0.15, 0.2) is 0 Å². The van der Waals surface area contributed by atoms with Gasteiger partial charge in [0.2, 0.25) is 0 Å². The van der Waals surface area contributed by atoms with Gasteiger partial charge in [-0.05, 0) is 47.2 Å². The Kier molecular flexibility index (Phi) is 3.14. The molecule has 0 unspecified atom stereocenters. The molecule has 0 saturated heterocycles. The summed E-state index contributed by atoms with van der Waals surface area (Å²) in [6.07, 6.45) is 0. The number of para-hydroxylation sites is 1. The van der Waals surface area contributed by atoms with E-state index in [-0.39, 0.29) is 0 Å². The highest BCUT2D eigenvalue weighted by Gasteiger charge is 2.14. The summed E-state index contributed by atoms with van der Waals surface area (Å²) in [7, 11) is 0. The van der Waals surface area contributed by atoms with E-state index in [0.29, 0.717) is 10.9 Å². The van der Waals surface area contributed by atoms with Gasteiger partial charge in [-0.15, -0.1) is 22.9 Å². The van der Waals surface area contributed by atoms with Crippen molar-refractivity contribution >= 4 is 55.7 Å². The number of rotatable bonds is 2. The van der Waals surface area contributed by atoms with Gasteiger partial charge in [0.05, 0.1) is 16.4 Å². The van der Waals surface area contributed by atoms with Crippen LogP contribution in [0.1, 0.15) is 5.82 Å². The number of nitrogens with zero attached hydrogens (tertiary/aromatic N) is 2. The molecule has 0 spiro atoms. The third-order valence-electron chi connectivity index (χ3n) is 3.52. The van der Waals surface area contributed by atoms with Gasteiger partial charge < -0.3 is 0 Å². The summed E-state index contributed by atoms with van der Waals surface area (Å²) >= 11 is 14.1. The highest BCUT2D eigenvalue weighted by Crippen LogP contribution is 2.30. The molecule has 0 radical (unpaired) electrons. The number of aromatic nitrogens is 2. The van der Waals surface area contributed by atoms with E-state index in [2.05, 4.69) is 39.2 Å². The average Bonchev–Trinajstić information content (AvgIpc) is 3.10. The van der Waals surface area contributed by atoms with Crippen LogP contribution in [0, 0.1) is 0 Å². The summed E-state index contributed by atoms with van der Waals surface area (Å²) in [5, 5.41) is 3.97. The van der Waals surface area contributed by atoms with E-state index in [1.54, 1.807) is 11.3 Å². The second-order valence-corrected chi connectivity index (χ2v) is 6.37. The van der Waals surface area contributed by atoms with Crippen molar-refractivity contribution in [2.24, 2.45) is 0 Å². The second kappa shape index (κ2) is 5.02. The Hall–Kier alpha value is -1.55. The van der Waals surface area contributed by atoms with Crippen LogP contribution in [0.4, 0.5) is 0 Å². The maximum absolute atomic E-state index is 6.25. The third kappa shape index (κ3) is 2.04. The average molecular weight is 333 g/mol. The van der Waals surface area contributed by atoms with Gasteiger partial charge in [-0.2, -0.15) is 0 Å². The maximum atomic E-state index is 6.25. The van der Waals surface area contributed by atoms with Crippen molar-refractivity contribution in [1.29, 1.82) is 0 Å². The summed E-state index contributed by atoms with van der Waals surface area (Å²) in [4.78, 5) is 4.58. The summed E-state index contributed by atoms with van der Waals surface area (Å²) < 4.78 is 3.35. The molecule has 0 atom stereocenters. The maximum Gasteiger partial charge on any atom is 0.129 e. The highest BCUT2D eigenvalue weighted by atomic mass is 35.5. The molecule has 0 aliphatic rings. The molecule has 2 nitrogen and oxygen atoms in total. The Bertz CT molecular complexity index is 955. The standard InChI is InChI=1S/C16H10Cl2N2S/c17-9-15-19-16-12(18)2-1-3-13(16)20(15)11-4-5-14-10(8-11)6-7-21-14/h1-8H,9H2. The molecule has 0 bridgehead atoms. The van der Waals surface area contributed by atoms with Crippen LogP contribution in [0.2, 0.25) is 5.02 Å². The molecule has 4 aromatic rings. The van der Waals surface area contributed by atoms with E-state index in [4.69, 9.17) is 23.2 Å². The number of hydrogen-bond donors (Lipinski definition) is 0. The minimum atomic E-state index is 0.340. The van der Waals surface area contributed by atoms with Gasteiger partial charge in [0.1, 0.15) is 11.3 Å². The first kappa shape index (κ1) is 13.1. The van der Waals surface area contributed by atoms with E-state index in [1.807, 2.05) is 18.2 Å². The molecule has 0 saturated carbocycles. The van der Waals surface area contributed by atoms with Crippen molar-refractivity contribution in [3.05, 3.63) is 58.7 Å². The molecular formula is C16H10Cl2N2S. The molecule has 0 aliphatic heterocycles. The molecule has 0 aliphatic carbocycles. The van der Waals surface area contributed by atoms with Crippen molar-refractivity contribution < 1.29 is 0 Å². The van der Waals surface area contributed by atoms with Crippen molar-refractivity contribution in [1.82, 2.24) is 9.55 Å². The fraction of sp³-hybridized carbons (Fsp3) is 0.0625. The molecule has 2 aromatic heterocycles. The number of halogens is 2. The fourth-order valence-electron chi connectivity index (χ4n) is 2.58. The van der Waals surface area contributed by atoms with Gasteiger partial charge in [0.25, 0.3) is 0 Å². The fourth-order valence-corrected chi connectivity index (χ4v) is 3.75. The van der Waals surface area contributed by atoms with Crippen LogP contribution in [0.15, 0.2) is 47.8 Å². The molecule has 104 valence electrons. The molecule has 4 rings (SSSR count). The topological polar surface area (TPSA) is 17.8 Å². The number of alkyl halides is 1. The number of imidazole rings is 1. The first-order valence-corrected chi connectivity index (χ1v) is 8.26. The second-order valence-electron chi connectivity index (χ2n) is 4.75. The minimum absolute atomic E-state index is 0.340. The first-order chi connectivity index (χ1) is 10.3. The largest absolute Gasteiger partial charge is 0.295 e. The quantitative estimate of drug-likeness (QED) is 0.435. The van der Waals surface area contributed by atoms with Crippen molar-refractivity contribution in [3.63, 3.8) is 0 Å². The van der Waals surface area contributed by atoms with Crippen molar-refractivity contribution in [3.8, 4) is 5.69 Å². The lowest BCUT2D eigenvalue weighted by atomic mass is 10.2. The zero-order valence-corrected chi connectivity index (χ0v) is 13.2. The summed E-state index contributed by atoms with van der Waals surface area (Å²) in [5.41, 5.74) is 2.83. The van der Waals surface area contributed by atoms with Crippen LogP contribution in [0.25, 0.3) is 26.8 Å². The van der Waals surface area contributed by atoms with Crippen molar-refractivity contribution in [2.75, 3.05) is 0 Å². The number of benzene rings is 2. The van der Waals surface area contributed by atoms with Gasteiger partial charge in [0, 0.05) is 10.4 Å². The summed E-state index contributed by atoms with van der Waals surface area (Å²) in [6, 6.07) is 14.3. The molecule has 0 N–H and O–H groups in total. The Morgan fingerprint density at radius 2 is 2.05 bits per heavy atom. The Labute approximate surface area is 135 Å². The Morgan fingerprint density at radius 3 is 2.90 bits per heavy atom. The van der Waals surface area contributed by atoms with Gasteiger partial charge in [-0.3, -0.25) is 4.57 Å². The minimum Gasteiger partial charge on any atom is -0.295 e. The van der Waals surface area contributed by atoms with Crippen LogP contribution in [0.5, 0.6) is 0 Å². The normalized spacial score (nSPS) is 11.5. The highest BCUT2D eigenvalue weighted by molar-refractivity contribution is 7.17. The number of thiophene rings is 1. The van der Waals surface area contributed by atoms with E-state index in [0.717, 1.165) is 22.5 Å². The van der Waals surface area contributed by atoms with Gasteiger partial charge >= 0.3 is 0 Å². The lowest BCUT2D eigenvalue weighted by molar-refractivity contribution is 0.984. The number of hydrogen-bond acceptors (Lipinski definition) is 2. The van der Waals surface area contributed by atoms with Gasteiger partial charge in [-0.25, -0.2) is 4.98 Å². The summed E-state index contributed by atoms with van der Waals surface area (Å²) in [6.45, 7) is 0. The molecule has 2 heterocycles. The lowest BCUT2D eigenvalue weighted by Gasteiger charge is -2.08. The Balaban J connectivity index is 2.06. The van der Waals surface area contributed by atoms with Crippen LogP contribution in [-0.2, 0) is 5.88 Å². The van der Waals surface area contributed by atoms with E-state index >= 15 is 0 Å². The molecule has 5 heteroatoms. The van der Waals surface area contributed by atoms with E-state index in [9.17, 15) is 0 Å². The predicted molar refractivity (Wildman–Crippen MR) is 91.0 cm³/mol. The summed E-state index contributed by atoms with van der Waals surface area (Å²) in [5.74, 6) is 1.14. The predicted octanol–water partition coefficient (Wildman–Crippen LogP) is 5.63. The molecule has 2 aromatic carbocycles. The van der Waals surface area contributed by atoms with E-state index < -0.39 is 0 Å². The molecule has 0 amide bonds. The lowest BCUT2D eigenvalue weighted by Crippen LogP contribution is -1.98. The Morgan fingerprint density at radius 1 is 1.14 bits per heavy atom. The molecule has 21 heavy (non-hydrogen) atoms. The zero-order chi connectivity index (χ0) is 14.4. The monoisotopic (exact) mass is 332 g/mol. The number of fused-ring (bicyclic) bond motifs is 2. The van der Waals surface area contributed by atoms with Crippen LogP contribution in [-0.4, -0.2) is 9.55 Å². The van der Waals surface area contributed by atoms with Crippen LogP contribution >= 0.6 is 34.5 Å². The van der Waals surface area contributed by atoms with Crippen LogP contribution in [0.3, 0.4) is 0 Å². The third-order valence-corrected chi connectivity index (χ3v) is 4.96. The first-order valence-electron chi connectivity index (χ1n) is 6.47. The molecular weight excluding hydrogens is 323 g/mol. The molecule has 0 fully saturated rings. The SMILES string of the molecule is ClCc1nc2c(Cl)cccc2n1-c1ccc2sccc2c1. The van der Waals surface area contributed by atoms with E-state index in [1.165, 1.54) is 10.1 Å². The van der Waals surface area contributed by atoms with Gasteiger partial charge in [-0.1, -0.05) is 17.7 Å².